The molecule has 0 heterocycles. The molecule has 2 aliphatic rings. The number of amides is 1. The SMILES string of the molecule is COc1ccc(CC(=O)N/N=C\[C@H]2C[C@@H]3C=C[C@@H]2C3)cc1. The molecule has 3 rings (SSSR count). The van der Waals surface area contributed by atoms with Crippen LogP contribution >= 0.6 is 0 Å². The van der Waals surface area contributed by atoms with Crippen molar-refractivity contribution >= 4 is 12.1 Å². The maximum atomic E-state index is 11.8. The lowest BCUT2D eigenvalue weighted by atomic mass is 9.95. The van der Waals surface area contributed by atoms with E-state index in [2.05, 4.69) is 22.7 Å². The van der Waals surface area contributed by atoms with E-state index in [1.165, 1.54) is 12.8 Å². The molecule has 1 fully saturated rings. The van der Waals surface area contributed by atoms with E-state index in [0.29, 0.717) is 18.3 Å². The number of nitrogens with one attached hydrogen (secondary N) is 1. The molecule has 4 heteroatoms. The molecule has 4 nitrogen and oxygen atoms in total. The maximum absolute atomic E-state index is 11.8. The Morgan fingerprint density at radius 2 is 2.14 bits per heavy atom. The van der Waals surface area contributed by atoms with Gasteiger partial charge in [0.2, 0.25) is 5.91 Å². The first kappa shape index (κ1) is 13.9. The number of fused-ring (bicyclic) bond motifs is 2. The van der Waals surface area contributed by atoms with Crippen LogP contribution in [0, 0.1) is 17.8 Å². The van der Waals surface area contributed by atoms with Gasteiger partial charge in [-0.05, 0) is 42.4 Å². The molecule has 0 radical (unpaired) electrons. The second kappa shape index (κ2) is 6.12. The summed E-state index contributed by atoms with van der Waals surface area (Å²) in [5.41, 5.74) is 3.57. The molecule has 0 saturated heterocycles. The number of hydrogen-bond donors (Lipinski definition) is 1. The first-order chi connectivity index (χ1) is 10.2. The van der Waals surface area contributed by atoms with Crippen molar-refractivity contribution in [1.29, 1.82) is 0 Å². The normalized spacial score (nSPS) is 26.4. The van der Waals surface area contributed by atoms with Crippen LogP contribution in [0.4, 0.5) is 0 Å². The quantitative estimate of drug-likeness (QED) is 0.513. The third-order valence-corrected chi connectivity index (χ3v) is 4.31. The van der Waals surface area contributed by atoms with Crippen LogP contribution in [0.2, 0.25) is 0 Å². The van der Waals surface area contributed by atoms with Crippen molar-refractivity contribution in [2.45, 2.75) is 19.3 Å². The van der Waals surface area contributed by atoms with Crippen LogP contribution in [0.15, 0.2) is 41.5 Å². The first-order valence-electron chi connectivity index (χ1n) is 7.38. The molecule has 2 bridgehead atoms. The monoisotopic (exact) mass is 284 g/mol. The molecule has 1 aromatic rings. The van der Waals surface area contributed by atoms with Crippen LogP contribution in [0.5, 0.6) is 5.75 Å². The van der Waals surface area contributed by atoms with E-state index >= 15 is 0 Å². The van der Waals surface area contributed by atoms with E-state index in [9.17, 15) is 4.79 Å². The molecule has 110 valence electrons. The third-order valence-electron chi connectivity index (χ3n) is 4.31. The van der Waals surface area contributed by atoms with Gasteiger partial charge >= 0.3 is 0 Å². The topological polar surface area (TPSA) is 50.7 Å². The predicted octanol–water partition coefficient (Wildman–Crippen LogP) is 2.55. The van der Waals surface area contributed by atoms with Crippen molar-refractivity contribution in [3.8, 4) is 5.75 Å². The Kier molecular flexibility index (Phi) is 4.04. The molecule has 1 amide bonds. The second-order valence-corrected chi connectivity index (χ2v) is 5.78. The molecule has 0 aromatic heterocycles. The van der Waals surface area contributed by atoms with Gasteiger partial charge in [-0.1, -0.05) is 24.3 Å². The molecule has 0 spiro atoms. The van der Waals surface area contributed by atoms with Crippen LogP contribution in [0.3, 0.4) is 0 Å². The number of methoxy groups -OCH3 is 1. The molecular weight excluding hydrogens is 264 g/mol. The molecule has 2 aliphatic carbocycles. The van der Waals surface area contributed by atoms with Gasteiger partial charge in [-0.2, -0.15) is 5.10 Å². The number of rotatable bonds is 5. The second-order valence-electron chi connectivity index (χ2n) is 5.78. The molecule has 0 aliphatic heterocycles. The Hall–Kier alpha value is -2.10. The zero-order valence-corrected chi connectivity index (χ0v) is 12.2. The molecule has 1 aromatic carbocycles. The zero-order valence-electron chi connectivity index (χ0n) is 12.2. The highest BCUT2D eigenvalue weighted by molar-refractivity contribution is 5.79. The van der Waals surface area contributed by atoms with E-state index in [-0.39, 0.29) is 5.91 Å². The number of hydrazone groups is 1. The van der Waals surface area contributed by atoms with Crippen molar-refractivity contribution in [1.82, 2.24) is 5.43 Å². The Bertz CT molecular complexity index is 563. The van der Waals surface area contributed by atoms with Gasteiger partial charge < -0.3 is 4.74 Å². The predicted molar refractivity (Wildman–Crippen MR) is 82.2 cm³/mol. The largest absolute Gasteiger partial charge is 0.497 e. The molecule has 1 saturated carbocycles. The first-order valence-corrected chi connectivity index (χ1v) is 7.38. The van der Waals surface area contributed by atoms with Crippen LogP contribution < -0.4 is 10.2 Å². The van der Waals surface area contributed by atoms with Gasteiger partial charge in [0.15, 0.2) is 0 Å². The highest BCUT2D eigenvalue weighted by atomic mass is 16.5. The fraction of sp³-hybridized carbons (Fsp3) is 0.412. The van der Waals surface area contributed by atoms with E-state index in [1.54, 1.807) is 7.11 Å². The summed E-state index contributed by atoms with van der Waals surface area (Å²) < 4.78 is 5.09. The van der Waals surface area contributed by atoms with Crippen molar-refractivity contribution in [3.63, 3.8) is 0 Å². The van der Waals surface area contributed by atoms with E-state index in [0.717, 1.165) is 17.2 Å². The van der Waals surface area contributed by atoms with Gasteiger partial charge in [0.1, 0.15) is 5.75 Å². The number of hydrogen-bond acceptors (Lipinski definition) is 3. The summed E-state index contributed by atoms with van der Waals surface area (Å²) in [5.74, 6) is 2.54. The Morgan fingerprint density at radius 3 is 2.76 bits per heavy atom. The van der Waals surface area contributed by atoms with Crippen molar-refractivity contribution < 1.29 is 9.53 Å². The Balaban J connectivity index is 1.46. The van der Waals surface area contributed by atoms with Gasteiger partial charge in [-0.3, -0.25) is 4.79 Å². The molecule has 3 atom stereocenters. The Labute approximate surface area is 124 Å². The number of nitrogens with zero attached hydrogens (tertiary/aromatic N) is 1. The van der Waals surface area contributed by atoms with E-state index in [4.69, 9.17) is 4.74 Å². The summed E-state index contributed by atoms with van der Waals surface area (Å²) in [6, 6.07) is 7.49. The van der Waals surface area contributed by atoms with E-state index < -0.39 is 0 Å². The summed E-state index contributed by atoms with van der Waals surface area (Å²) in [5, 5.41) is 4.12. The van der Waals surface area contributed by atoms with Gasteiger partial charge in [0, 0.05) is 12.1 Å². The fourth-order valence-corrected chi connectivity index (χ4v) is 3.17. The fourth-order valence-electron chi connectivity index (χ4n) is 3.17. The average Bonchev–Trinajstić information content (AvgIpc) is 3.11. The summed E-state index contributed by atoms with van der Waals surface area (Å²) in [6.45, 7) is 0. The van der Waals surface area contributed by atoms with Crippen molar-refractivity contribution in [2.75, 3.05) is 7.11 Å². The van der Waals surface area contributed by atoms with Crippen LogP contribution in [0.25, 0.3) is 0 Å². The molecular formula is C17H20N2O2. The third kappa shape index (κ3) is 3.32. The molecule has 1 N–H and O–H groups in total. The van der Waals surface area contributed by atoms with Gasteiger partial charge in [0.05, 0.1) is 13.5 Å². The lowest BCUT2D eigenvalue weighted by Crippen LogP contribution is -2.21. The Morgan fingerprint density at radius 1 is 1.33 bits per heavy atom. The van der Waals surface area contributed by atoms with Gasteiger partial charge in [-0.25, -0.2) is 5.43 Å². The highest BCUT2D eigenvalue weighted by Crippen LogP contribution is 2.42. The van der Waals surface area contributed by atoms with Gasteiger partial charge in [-0.15, -0.1) is 0 Å². The summed E-state index contributed by atoms with van der Waals surface area (Å²) >= 11 is 0. The average molecular weight is 284 g/mol. The minimum Gasteiger partial charge on any atom is -0.497 e. The number of carbonyl (C=O) groups is 1. The zero-order chi connectivity index (χ0) is 14.7. The number of allylic oxidation sites excluding steroid dienone is 2. The molecule has 21 heavy (non-hydrogen) atoms. The van der Waals surface area contributed by atoms with Crippen LogP contribution in [0.1, 0.15) is 18.4 Å². The minimum absolute atomic E-state index is 0.0879. The van der Waals surface area contributed by atoms with Crippen molar-refractivity contribution in [2.24, 2.45) is 22.9 Å². The van der Waals surface area contributed by atoms with Crippen LogP contribution in [-0.2, 0) is 11.2 Å². The number of benzene rings is 1. The lowest BCUT2D eigenvalue weighted by molar-refractivity contribution is -0.120. The number of ether oxygens (including phenoxy) is 1. The standard InChI is InChI=1S/C17H20N2O2/c1-21-16-6-3-12(4-7-16)10-17(20)19-18-11-15-9-13-2-5-14(15)8-13/h2-7,11,13-15H,8-10H2,1H3,(H,19,20)/b18-11-/t13-,14-,15-/m1/s1. The van der Waals surface area contributed by atoms with Crippen molar-refractivity contribution in [3.05, 3.63) is 42.0 Å². The summed E-state index contributed by atoms with van der Waals surface area (Å²) in [4.78, 5) is 11.8. The molecule has 0 unspecified atom stereocenters. The number of carbonyl (C=O) groups excluding carboxylic acids is 1. The lowest BCUT2D eigenvalue weighted by Gasteiger charge is -2.11. The van der Waals surface area contributed by atoms with E-state index in [1.807, 2.05) is 30.5 Å². The smallest absolute Gasteiger partial charge is 0.244 e. The summed E-state index contributed by atoms with van der Waals surface area (Å²) in [7, 11) is 1.63. The summed E-state index contributed by atoms with van der Waals surface area (Å²) in [6.07, 6.45) is 9.23. The maximum Gasteiger partial charge on any atom is 0.244 e. The minimum atomic E-state index is -0.0879. The highest BCUT2D eigenvalue weighted by Gasteiger charge is 2.34. The van der Waals surface area contributed by atoms with Crippen LogP contribution in [-0.4, -0.2) is 19.2 Å². The van der Waals surface area contributed by atoms with Gasteiger partial charge in [0.25, 0.3) is 0 Å².